The molecule has 8 heteroatoms. The molecule has 1 aromatic rings. The van der Waals surface area contributed by atoms with E-state index in [1.165, 1.54) is 16.7 Å². The third-order valence-corrected chi connectivity index (χ3v) is 4.16. The second-order valence-corrected chi connectivity index (χ2v) is 6.22. The van der Waals surface area contributed by atoms with Crippen molar-refractivity contribution in [3.05, 3.63) is 16.1 Å². The summed E-state index contributed by atoms with van der Waals surface area (Å²) in [5.41, 5.74) is -0.272. The van der Waals surface area contributed by atoms with E-state index >= 15 is 0 Å². The number of carbonyl (C=O) groups is 2. The van der Waals surface area contributed by atoms with Crippen molar-refractivity contribution in [3.63, 3.8) is 0 Å². The van der Waals surface area contributed by atoms with E-state index in [1.807, 2.05) is 6.92 Å². The molecule has 1 saturated heterocycles. The van der Waals surface area contributed by atoms with Crippen LogP contribution < -0.4 is 10.6 Å². The van der Waals surface area contributed by atoms with E-state index in [0.29, 0.717) is 24.6 Å². The highest BCUT2D eigenvalue weighted by Gasteiger charge is 2.29. The molecule has 1 aliphatic rings. The van der Waals surface area contributed by atoms with E-state index < -0.39 is 5.97 Å². The fourth-order valence-electron chi connectivity index (χ4n) is 2.16. The van der Waals surface area contributed by atoms with Crippen molar-refractivity contribution in [1.29, 1.82) is 0 Å². The number of ether oxygens (including phenoxy) is 1. The van der Waals surface area contributed by atoms with Gasteiger partial charge in [0.1, 0.15) is 0 Å². The molecule has 1 aliphatic heterocycles. The molecule has 1 atom stereocenters. The van der Waals surface area contributed by atoms with E-state index in [4.69, 9.17) is 9.84 Å². The number of aromatic nitrogens is 1. The summed E-state index contributed by atoms with van der Waals surface area (Å²) in [6.45, 7) is 3.64. The van der Waals surface area contributed by atoms with Gasteiger partial charge in [0.05, 0.1) is 17.2 Å². The van der Waals surface area contributed by atoms with E-state index in [2.05, 4.69) is 15.6 Å². The van der Waals surface area contributed by atoms with E-state index in [-0.39, 0.29) is 17.3 Å². The van der Waals surface area contributed by atoms with Crippen molar-refractivity contribution >= 4 is 23.3 Å². The first kappa shape index (κ1) is 15.7. The molecule has 2 rings (SSSR count). The largest absolute Gasteiger partial charge is 0.476 e. The third-order valence-electron chi connectivity index (χ3n) is 3.25. The molecule has 21 heavy (non-hydrogen) atoms. The molecule has 0 aromatic carbocycles. The molecular weight excluding hydrogens is 294 g/mol. The van der Waals surface area contributed by atoms with Gasteiger partial charge in [0.25, 0.3) is 0 Å². The van der Waals surface area contributed by atoms with Crippen molar-refractivity contribution in [2.24, 2.45) is 0 Å². The predicted molar refractivity (Wildman–Crippen MR) is 77.8 cm³/mol. The van der Waals surface area contributed by atoms with Gasteiger partial charge in [-0.25, -0.2) is 14.6 Å². The summed E-state index contributed by atoms with van der Waals surface area (Å²) in [5, 5.41) is 16.6. The number of urea groups is 1. The summed E-state index contributed by atoms with van der Waals surface area (Å²) in [7, 11) is 0. The van der Waals surface area contributed by atoms with Gasteiger partial charge < -0.3 is 20.5 Å². The Kier molecular flexibility index (Phi) is 5.13. The second-order valence-electron chi connectivity index (χ2n) is 5.28. The number of nitrogens with zero attached hydrogens (tertiary/aromatic N) is 1. The highest BCUT2D eigenvalue weighted by molar-refractivity contribution is 7.09. The molecule has 0 saturated carbocycles. The average molecular weight is 313 g/mol. The van der Waals surface area contributed by atoms with Gasteiger partial charge >= 0.3 is 12.0 Å². The number of carbonyl (C=O) groups excluding carboxylic acids is 1. The van der Waals surface area contributed by atoms with Crippen LogP contribution >= 0.6 is 11.3 Å². The number of thiazole rings is 1. The second kappa shape index (κ2) is 6.86. The summed E-state index contributed by atoms with van der Waals surface area (Å²) in [5.74, 6) is -1.03. The highest BCUT2D eigenvalue weighted by atomic mass is 32.1. The van der Waals surface area contributed by atoms with Gasteiger partial charge in [-0.1, -0.05) is 0 Å². The number of aromatic carboxylic acids is 1. The zero-order valence-electron chi connectivity index (χ0n) is 11.8. The predicted octanol–water partition coefficient (Wildman–Crippen LogP) is 1.25. The molecule has 0 radical (unpaired) electrons. The molecule has 0 bridgehead atoms. The number of nitrogens with one attached hydrogen (secondary N) is 2. The normalized spacial score (nSPS) is 21.8. The summed E-state index contributed by atoms with van der Waals surface area (Å²) in [6.07, 6.45) is 2.35. The average Bonchev–Trinajstić information content (AvgIpc) is 2.88. The monoisotopic (exact) mass is 313 g/mol. The lowest BCUT2D eigenvalue weighted by Gasteiger charge is -2.34. The van der Waals surface area contributed by atoms with Crippen LogP contribution in [0.2, 0.25) is 0 Å². The molecule has 7 nitrogen and oxygen atoms in total. The smallest absolute Gasteiger partial charge is 0.355 e. The van der Waals surface area contributed by atoms with E-state index in [0.717, 1.165) is 19.4 Å². The lowest BCUT2D eigenvalue weighted by molar-refractivity contribution is 0.0333. The first-order chi connectivity index (χ1) is 9.98. The van der Waals surface area contributed by atoms with E-state index in [1.54, 1.807) is 0 Å². The Bertz CT molecular complexity index is 511. The van der Waals surface area contributed by atoms with Gasteiger partial charge in [0.2, 0.25) is 0 Å². The summed E-state index contributed by atoms with van der Waals surface area (Å²) in [4.78, 5) is 26.5. The van der Waals surface area contributed by atoms with Crippen LogP contribution in [0.1, 0.15) is 35.3 Å². The molecule has 2 heterocycles. The number of carboxylic acids is 1. The van der Waals surface area contributed by atoms with Crippen LogP contribution in [0, 0.1) is 0 Å². The van der Waals surface area contributed by atoms with Crippen LogP contribution in [-0.2, 0) is 11.2 Å². The van der Waals surface area contributed by atoms with Crippen molar-refractivity contribution in [2.45, 2.75) is 31.7 Å². The van der Waals surface area contributed by atoms with Crippen molar-refractivity contribution in [1.82, 2.24) is 15.6 Å². The van der Waals surface area contributed by atoms with Crippen LogP contribution in [0.3, 0.4) is 0 Å². The molecule has 2 amide bonds. The maximum absolute atomic E-state index is 11.8. The number of amides is 2. The molecule has 0 spiro atoms. The topological polar surface area (TPSA) is 101 Å². The highest BCUT2D eigenvalue weighted by Crippen LogP contribution is 2.17. The van der Waals surface area contributed by atoms with Gasteiger partial charge in [-0.3, -0.25) is 0 Å². The van der Waals surface area contributed by atoms with Crippen LogP contribution in [0.25, 0.3) is 0 Å². The minimum absolute atomic E-state index is 0.0475. The minimum Gasteiger partial charge on any atom is -0.476 e. The van der Waals surface area contributed by atoms with Crippen molar-refractivity contribution < 1.29 is 19.4 Å². The SMILES string of the molecule is CC1(NC(=O)NCCc2nc(C(=O)O)cs2)CCCOC1. The molecule has 116 valence electrons. The molecule has 1 fully saturated rings. The fourth-order valence-corrected chi connectivity index (χ4v) is 2.93. The summed E-state index contributed by atoms with van der Waals surface area (Å²) >= 11 is 1.28. The summed E-state index contributed by atoms with van der Waals surface area (Å²) < 4.78 is 5.38. The molecule has 3 N–H and O–H groups in total. The Labute approximate surface area is 126 Å². The van der Waals surface area contributed by atoms with Gasteiger partial charge in [-0.05, 0) is 19.8 Å². The van der Waals surface area contributed by atoms with Crippen LogP contribution in [0.15, 0.2) is 5.38 Å². The van der Waals surface area contributed by atoms with Crippen molar-refractivity contribution in [2.75, 3.05) is 19.8 Å². The third kappa shape index (κ3) is 4.68. The number of hydrogen-bond donors (Lipinski definition) is 3. The lowest BCUT2D eigenvalue weighted by atomic mass is 9.95. The van der Waals surface area contributed by atoms with Gasteiger partial charge in [-0.2, -0.15) is 0 Å². The Morgan fingerprint density at radius 1 is 1.57 bits per heavy atom. The van der Waals surface area contributed by atoms with Crippen LogP contribution in [-0.4, -0.2) is 47.4 Å². The maximum Gasteiger partial charge on any atom is 0.355 e. The molecular formula is C13H19N3O4S. The standard InChI is InChI=1S/C13H19N3O4S/c1-13(4-2-6-20-8-13)16-12(19)14-5-3-10-15-9(7-21-10)11(17)18/h7H,2-6,8H2,1H3,(H,17,18)(H2,14,16,19). The zero-order valence-corrected chi connectivity index (χ0v) is 12.7. The number of hydrogen-bond acceptors (Lipinski definition) is 5. The number of carboxylic acid groups (broad SMARTS) is 1. The van der Waals surface area contributed by atoms with E-state index in [9.17, 15) is 9.59 Å². The Balaban J connectivity index is 1.72. The first-order valence-corrected chi connectivity index (χ1v) is 7.68. The van der Waals surface area contributed by atoms with Crippen LogP contribution in [0.4, 0.5) is 4.79 Å². The lowest BCUT2D eigenvalue weighted by Crippen LogP contribution is -2.54. The fraction of sp³-hybridized carbons (Fsp3) is 0.615. The minimum atomic E-state index is -1.03. The van der Waals surface area contributed by atoms with Gasteiger partial charge in [0.15, 0.2) is 5.69 Å². The molecule has 1 unspecified atom stereocenters. The Hall–Kier alpha value is -1.67. The molecule has 1 aromatic heterocycles. The maximum atomic E-state index is 11.8. The van der Waals surface area contributed by atoms with Crippen LogP contribution in [0.5, 0.6) is 0 Å². The first-order valence-electron chi connectivity index (χ1n) is 6.80. The van der Waals surface area contributed by atoms with Crippen molar-refractivity contribution in [3.8, 4) is 0 Å². The molecule has 0 aliphatic carbocycles. The Morgan fingerprint density at radius 2 is 2.38 bits per heavy atom. The van der Waals surface area contributed by atoms with Gasteiger partial charge in [0, 0.05) is 25.0 Å². The number of rotatable bonds is 5. The Morgan fingerprint density at radius 3 is 3.00 bits per heavy atom. The van der Waals surface area contributed by atoms with Gasteiger partial charge in [-0.15, -0.1) is 11.3 Å². The summed E-state index contributed by atoms with van der Waals surface area (Å²) in [6, 6.07) is -0.238. The zero-order chi connectivity index (χ0) is 15.3. The quantitative estimate of drug-likeness (QED) is 0.759.